The molecule has 0 saturated heterocycles. The number of hydrogen-bond acceptors (Lipinski definition) is 3. The molecule has 0 fully saturated rings. The van der Waals surface area contributed by atoms with Crippen LogP contribution in [0.2, 0.25) is 0 Å². The number of rotatable bonds is 6. The lowest BCUT2D eigenvalue weighted by Gasteiger charge is -2.29. The van der Waals surface area contributed by atoms with Crippen LogP contribution in [0.4, 0.5) is 4.79 Å². The number of amides is 1. The topological polar surface area (TPSA) is 66.8 Å². The first-order valence-corrected chi connectivity index (χ1v) is 5.22. The lowest BCUT2D eigenvalue weighted by atomic mass is 10.0. The zero-order valence-electron chi connectivity index (χ0n) is 9.97. The summed E-state index contributed by atoms with van der Waals surface area (Å²) in [5, 5.41) is 9.05. The summed E-state index contributed by atoms with van der Waals surface area (Å²) in [7, 11) is 0. The van der Waals surface area contributed by atoms with E-state index in [9.17, 15) is 9.59 Å². The van der Waals surface area contributed by atoms with Gasteiger partial charge in [-0.3, -0.25) is 4.90 Å². The molecule has 0 aliphatic heterocycles. The van der Waals surface area contributed by atoms with Crippen molar-refractivity contribution < 1.29 is 19.4 Å². The fourth-order valence-corrected chi connectivity index (χ4v) is 1.43. The number of carbonyl (C=O) groups is 2. The van der Waals surface area contributed by atoms with Crippen LogP contribution in [0.25, 0.3) is 0 Å². The second-order valence-electron chi connectivity index (χ2n) is 3.68. The molecule has 0 bridgehead atoms. The lowest BCUT2D eigenvalue weighted by Crippen LogP contribution is -2.48. The van der Waals surface area contributed by atoms with Crippen molar-refractivity contribution in [2.24, 2.45) is 5.92 Å². The maximum atomic E-state index is 11.6. The number of likely N-dealkylation sites (N-methyl/N-ethyl adjacent to an activating group) is 1. The van der Waals surface area contributed by atoms with Gasteiger partial charge in [-0.25, -0.2) is 9.59 Å². The van der Waals surface area contributed by atoms with E-state index in [1.807, 2.05) is 0 Å². The van der Waals surface area contributed by atoms with Crippen molar-refractivity contribution in [2.45, 2.75) is 26.8 Å². The summed E-state index contributed by atoms with van der Waals surface area (Å²) in [6, 6.07) is -0.859. The van der Waals surface area contributed by atoms with Crippen molar-refractivity contribution in [3.8, 4) is 0 Å². The Morgan fingerprint density at radius 3 is 2.38 bits per heavy atom. The van der Waals surface area contributed by atoms with Gasteiger partial charge in [-0.05, 0) is 12.8 Å². The summed E-state index contributed by atoms with van der Waals surface area (Å²) in [4.78, 5) is 23.8. The molecule has 0 aliphatic rings. The Morgan fingerprint density at radius 2 is 2.06 bits per heavy atom. The first kappa shape index (κ1) is 14.5. The molecule has 0 aromatic carbocycles. The summed E-state index contributed by atoms with van der Waals surface area (Å²) in [6.07, 6.45) is 0.820. The predicted octanol–water partition coefficient (Wildman–Crippen LogP) is 1.74. The van der Waals surface area contributed by atoms with Gasteiger partial charge >= 0.3 is 12.1 Å². The molecule has 5 heteroatoms. The Morgan fingerprint density at radius 1 is 1.50 bits per heavy atom. The summed E-state index contributed by atoms with van der Waals surface area (Å²) in [5.74, 6) is -1.19. The zero-order valence-corrected chi connectivity index (χ0v) is 9.97. The molecule has 0 rings (SSSR count). The lowest BCUT2D eigenvalue weighted by molar-refractivity contribution is -0.144. The summed E-state index contributed by atoms with van der Waals surface area (Å²) in [6.45, 7) is 9.02. The molecule has 1 N–H and O–H groups in total. The quantitative estimate of drug-likeness (QED) is 0.704. The highest BCUT2D eigenvalue weighted by molar-refractivity contribution is 5.80. The number of ether oxygens (including phenoxy) is 1. The summed E-state index contributed by atoms with van der Waals surface area (Å²) < 4.78 is 4.83. The van der Waals surface area contributed by atoms with Crippen LogP contribution in [0.3, 0.4) is 0 Å². The van der Waals surface area contributed by atoms with E-state index >= 15 is 0 Å². The van der Waals surface area contributed by atoms with E-state index in [0.29, 0.717) is 6.54 Å². The van der Waals surface area contributed by atoms with E-state index in [1.54, 1.807) is 20.8 Å². The highest BCUT2D eigenvalue weighted by Gasteiger charge is 2.31. The molecular formula is C11H19NO4. The number of nitrogens with zero attached hydrogens (tertiary/aromatic N) is 1. The molecule has 1 amide bonds. The van der Waals surface area contributed by atoms with Crippen molar-refractivity contribution in [3.05, 3.63) is 12.7 Å². The maximum Gasteiger partial charge on any atom is 0.410 e. The van der Waals surface area contributed by atoms with Crippen LogP contribution < -0.4 is 0 Å². The van der Waals surface area contributed by atoms with E-state index in [-0.39, 0.29) is 12.5 Å². The maximum absolute atomic E-state index is 11.6. The smallest absolute Gasteiger partial charge is 0.410 e. The molecule has 0 aromatic heterocycles. The average Bonchev–Trinajstić information content (AvgIpc) is 2.20. The van der Waals surface area contributed by atoms with Crippen LogP contribution in [0, 0.1) is 5.92 Å². The Balaban J connectivity index is 4.72. The van der Waals surface area contributed by atoms with Crippen LogP contribution in [-0.4, -0.2) is 41.3 Å². The third-order valence-corrected chi connectivity index (χ3v) is 2.12. The van der Waals surface area contributed by atoms with Gasteiger partial charge in [0.15, 0.2) is 0 Å². The number of aliphatic carboxylic acids is 1. The van der Waals surface area contributed by atoms with Gasteiger partial charge in [0, 0.05) is 6.54 Å². The van der Waals surface area contributed by atoms with Gasteiger partial charge in [0.25, 0.3) is 0 Å². The zero-order chi connectivity index (χ0) is 12.7. The molecule has 92 valence electrons. The second kappa shape index (κ2) is 6.87. The Kier molecular flexibility index (Phi) is 6.22. The molecule has 0 saturated carbocycles. The monoisotopic (exact) mass is 229 g/mol. The summed E-state index contributed by atoms with van der Waals surface area (Å²) in [5.41, 5.74) is 0. The fraction of sp³-hybridized carbons (Fsp3) is 0.636. The predicted molar refractivity (Wildman–Crippen MR) is 60.2 cm³/mol. The van der Waals surface area contributed by atoms with E-state index in [2.05, 4.69) is 6.58 Å². The van der Waals surface area contributed by atoms with Gasteiger partial charge in [0.2, 0.25) is 0 Å². The molecule has 0 aromatic rings. The molecule has 1 unspecified atom stereocenters. The van der Waals surface area contributed by atoms with Crippen molar-refractivity contribution in [3.63, 3.8) is 0 Å². The molecule has 5 nitrogen and oxygen atoms in total. The highest BCUT2D eigenvalue weighted by atomic mass is 16.6. The molecule has 0 aliphatic carbocycles. The summed E-state index contributed by atoms with van der Waals surface area (Å²) >= 11 is 0. The molecule has 0 radical (unpaired) electrons. The fourth-order valence-electron chi connectivity index (χ4n) is 1.43. The number of hydrogen-bond donors (Lipinski definition) is 1. The van der Waals surface area contributed by atoms with Crippen molar-refractivity contribution in [1.29, 1.82) is 0 Å². The van der Waals surface area contributed by atoms with Crippen LogP contribution in [0.15, 0.2) is 12.7 Å². The SMILES string of the molecule is C=CCOC(=O)N(CC)C(C(=O)O)C(C)C. The van der Waals surface area contributed by atoms with Crippen LogP contribution in [0.1, 0.15) is 20.8 Å². The number of carboxylic acid groups (broad SMARTS) is 1. The first-order valence-electron chi connectivity index (χ1n) is 5.22. The Labute approximate surface area is 95.7 Å². The molecule has 1 atom stereocenters. The standard InChI is InChI=1S/C11H19NO4/c1-5-7-16-11(15)12(6-2)9(8(3)4)10(13)14/h5,8-9H,1,6-7H2,2-4H3,(H,13,14). The van der Waals surface area contributed by atoms with Crippen LogP contribution >= 0.6 is 0 Å². The van der Waals surface area contributed by atoms with Crippen LogP contribution in [-0.2, 0) is 9.53 Å². The number of carbonyl (C=O) groups excluding carboxylic acids is 1. The Bertz CT molecular complexity index is 263. The van der Waals surface area contributed by atoms with Crippen LogP contribution in [0.5, 0.6) is 0 Å². The van der Waals surface area contributed by atoms with E-state index < -0.39 is 18.1 Å². The van der Waals surface area contributed by atoms with Gasteiger partial charge < -0.3 is 9.84 Å². The van der Waals surface area contributed by atoms with Gasteiger partial charge in [-0.15, -0.1) is 0 Å². The van der Waals surface area contributed by atoms with E-state index in [4.69, 9.17) is 9.84 Å². The van der Waals surface area contributed by atoms with Crippen molar-refractivity contribution in [1.82, 2.24) is 4.90 Å². The van der Waals surface area contributed by atoms with E-state index in [1.165, 1.54) is 11.0 Å². The molecule has 16 heavy (non-hydrogen) atoms. The van der Waals surface area contributed by atoms with Gasteiger partial charge in [0.05, 0.1) is 0 Å². The van der Waals surface area contributed by atoms with E-state index in [0.717, 1.165) is 0 Å². The highest BCUT2D eigenvalue weighted by Crippen LogP contribution is 2.12. The van der Waals surface area contributed by atoms with Gasteiger partial charge in [0.1, 0.15) is 12.6 Å². The second-order valence-corrected chi connectivity index (χ2v) is 3.68. The average molecular weight is 229 g/mol. The molecule has 0 heterocycles. The largest absolute Gasteiger partial charge is 0.480 e. The van der Waals surface area contributed by atoms with Gasteiger partial charge in [-0.1, -0.05) is 26.5 Å². The normalized spacial score (nSPS) is 12.0. The minimum Gasteiger partial charge on any atom is -0.480 e. The molecular weight excluding hydrogens is 210 g/mol. The first-order chi connectivity index (χ1) is 7.45. The third kappa shape index (κ3) is 3.92. The minimum atomic E-state index is -1.02. The van der Waals surface area contributed by atoms with Crippen molar-refractivity contribution in [2.75, 3.05) is 13.2 Å². The van der Waals surface area contributed by atoms with Gasteiger partial charge in [-0.2, -0.15) is 0 Å². The minimum absolute atomic E-state index is 0.0831. The Hall–Kier alpha value is -1.52. The third-order valence-electron chi connectivity index (χ3n) is 2.12. The van der Waals surface area contributed by atoms with Crippen molar-refractivity contribution >= 4 is 12.1 Å². The number of carboxylic acids is 1. The molecule has 0 spiro atoms.